The molecule has 4 heteroatoms. The second-order valence-electron chi connectivity index (χ2n) is 5.20. The Morgan fingerprint density at radius 2 is 1.90 bits per heavy atom. The van der Waals surface area contributed by atoms with Crippen LogP contribution >= 0.6 is 0 Å². The van der Waals surface area contributed by atoms with Gasteiger partial charge in [-0.15, -0.1) is 0 Å². The molecule has 0 aliphatic rings. The Bertz CT molecular complexity index is 595. The maximum atomic E-state index is 11.7. The summed E-state index contributed by atoms with van der Waals surface area (Å²) < 4.78 is 0. The van der Waals surface area contributed by atoms with E-state index in [9.17, 15) is 4.79 Å². The van der Waals surface area contributed by atoms with E-state index in [0.717, 1.165) is 22.9 Å². The van der Waals surface area contributed by atoms with Gasteiger partial charge in [0.05, 0.1) is 0 Å². The second kappa shape index (κ2) is 6.50. The molecule has 2 aromatic carbocycles. The molecule has 0 saturated heterocycles. The van der Waals surface area contributed by atoms with Crippen LogP contribution in [0.15, 0.2) is 42.5 Å². The molecule has 1 atom stereocenters. The van der Waals surface area contributed by atoms with Crippen molar-refractivity contribution in [1.29, 1.82) is 0 Å². The lowest BCUT2D eigenvalue weighted by Gasteiger charge is -2.18. The summed E-state index contributed by atoms with van der Waals surface area (Å²) >= 11 is 0. The number of carbonyl (C=O) groups is 1. The molecule has 0 saturated carbocycles. The zero-order valence-corrected chi connectivity index (χ0v) is 12.0. The van der Waals surface area contributed by atoms with Gasteiger partial charge in [-0.1, -0.05) is 36.4 Å². The van der Waals surface area contributed by atoms with Crippen LogP contribution in [0.5, 0.6) is 0 Å². The molecule has 4 nitrogen and oxygen atoms in total. The van der Waals surface area contributed by atoms with E-state index in [1.54, 1.807) is 0 Å². The second-order valence-corrected chi connectivity index (χ2v) is 5.20. The van der Waals surface area contributed by atoms with Gasteiger partial charge in [0.15, 0.2) is 0 Å². The van der Waals surface area contributed by atoms with Crippen molar-refractivity contribution in [2.75, 3.05) is 27.2 Å². The molecule has 3 N–H and O–H groups in total. The van der Waals surface area contributed by atoms with Crippen molar-refractivity contribution in [1.82, 2.24) is 10.2 Å². The van der Waals surface area contributed by atoms with Crippen LogP contribution < -0.4 is 11.1 Å². The van der Waals surface area contributed by atoms with Gasteiger partial charge in [0, 0.05) is 13.1 Å². The van der Waals surface area contributed by atoms with Crippen molar-refractivity contribution < 1.29 is 4.79 Å². The van der Waals surface area contributed by atoms with Gasteiger partial charge in [0.1, 0.15) is 6.04 Å². The van der Waals surface area contributed by atoms with Crippen LogP contribution in [0.2, 0.25) is 0 Å². The summed E-state index contributed by atoms with van der Waals surface area (Å²) in [4.78, 5) is 13.7. The van der Waals surface area contributed by atoms with Crippen molar-refractivity contribution in [2.45, 2.75) is 6.04 Å². The van der Waals surface area contributed by atoms with Crippen LogP contribution in [0.25, 0.3) is 10.8 Å². The van der Waals surface area contributed by atoms with Gasteiger partial charge >= 0.3 is 0 Å². The SMILES string of the molecule is CN(C)CCNC(C(N)=O)c1ccc2ccccc2c1. The largest absolute Gasteiger partial charge is 0.368 e. The Morgan fingerprint density at radius 3 is 2.55 bits per heavy atom. The summed E-state index contributed by atoms with van der Waals surface area (Å²) in [6.45, 7) is 1.57. The number of likely N-dealkylation sites (N-methyl/N-ethyl adjacent to an activating group) is 1. The van der Waals surface area contributed by atoms with Gasteiger partial charge in [0.2, 0.25) is 5.91 Å². The smallest absolute Gasteiger partial charge is 0.239 e. The van der Waals surface area contributed by atoms with Crippen molar-refractivity contribution in [3.63, 3.8) is 0 Å². The molecule has 1 unspecified atom stereocenters. The highest BCUT2D eigenvalue weighted by Crippen LogP contribution is 2.20. The summed E-state index contributed by atoms with van der Waals surface area (Å²) in [5.41, 5.74) is 6.43. The lowest BCUT2D eigenvalue weighted by molar-refractivity contribution is -0.120. The van der Waals surface area contributed by atoms with Gasteiger partial charge in [-0.05, 0) is 36.5 Å². The van der Waals surface area contributed by atoms with E-state index in [-0.39, 0.29) is 5.91 Å². The molecule has 0 aliphatic heterocycles. The number of fused-ring (bicyclic) bond motifs is 1. The first-order chi connectivity index (χ1) is 9.58. The molecule has 20 heavy (non-hydrogen) atoms. The standard InChI is InChI=1S/C16H21N3O/c1-19(2)10-9-18-15(16(17)20)14-8-7-12-5-3-4-6-13(12)11-14/h3-8,11,15,18H,9-10H2,1-2H3,(H2,17,20). The van der Waals surface area contributed by atoms with E-state index in [2.05, 4.69) is 16.3 Å². The van der Waals surface area contributed by atoms with Crippen molar-refractivity contribution in [2.24, 2.45) is 5.73 Å². The number of hydrogen-bond donors (Lipinski definition) is 2. The molecule has 0 heterocycles. The lowest BCUT2D eigenvalue weighted by Crippen LogP contribution is -2.37. The fourth-order valence-corrected chi connectivity index (χ4v) is 2.20. The van der Waals surface area contributed by atoms with Crippen molar-refractivity contribution in [3.05, 3.63) is 48.0 Å². The maximum Gasteiger partial charge on any atom is 0.239 e. The third kappa shape index (κ3) is 3.56. The average molecular weight is 271 g/mol. The van der Waals surface area contributed by atoms with Crippen molar-refractivity contribution >= 4 is 16.7 Å². The van der Waals surface area contributed by atoms with E-state index >= 15 is 0 Å². The highest BCUT2D eigenvalue weighted by molar-refractivity contribution is 5.86. The molecule has 0 fully saturated rings. The predicted octanol–water partition coefficient (Wildman–Crippen LogP) is 1.52. The Balaban J connectivity index is 2.20. The van der Waals surface area contributed by atoms with E-state index in [0.29, 0.717) is 6.54 Å². The molecular weight excluding hydrogens is 250 g/mol. The van der Waals surface area contributed by atoms with Gasteiger partial charge < -0.3 is 16.0 Å². The summed E-state index contributed by atoms with van der Waals surface area (Å²) in [6.07, 6.45) is 0. The number of carbonyl (C=O) groups excluding carboxylic acids is 1. The van der Waals surface area contributed by atoms with Crippen molar-refractivity contribution in [3.8, 4) is 0 Å². The molecule has 2 rings (SSSR count). The summed E-state index contributed by atoms with van der Waals surface area (Å²) in [6, 6.07) is 13.6. The van der Waals surface area contributed by atoms with Crippen LogP contribution in [0.4, 0.5) is 0 Å². The number of nitrogens with two attached hydrogens (primary N) is 1. The van der Waals surface area contributed by atoms with E-state index in [1.165, 1.54) is 0 Å². The number of nitrogens with zero attached hydrogens (tertiary/aromatic N) is 1. The van der Waals surface area contributed by atoms with Gasteiger partial charge in [-0.3, -0.25) is 4.79 Å². The number of benzene rings is 2. The number of amides is 1. The normalized spacial score (nSPS) is 12.8. The minimum Gasteiger partial charge on any atom is -0.368 e. The molecule has 0 aliphatic carbocycles. The Kier molecular flexibility index (Phi) is 4.71. The van der Waals surface area contributed by atoms with E-state index in [1.807, 2.05) is 50.5 Å². The molecule has 0 bridgehead atoms. The van der Waals surface area contributed by atoms with Crippen LogP contribution in [0.1, 0.15) is 11.6 Å². The van der Waals surface area contributed by atoms with Crippen LogP contribution in [-0.2, 0) is 4.79 Å². The van der Waals surface area contributed by atoms with Gasteiger partial charge in [0.25, 0.3) is 0 Å². The average Bonchev–Trinajstić information content (AvgIpc) is 2.42. The zero-order valence-electron chi connectivity index (χ0n) is 12.0. The van der Waals surface area contributed by atoms with E-state index < -0.39 is 6.04 Å². The number of nitrogens with one attached hydrogen (secondary N) is 1. The Hall–Kier alpha value is -1.91. The van der Waals surface area contributed by atoms with Crippen LogP contribution in [0.3, 0.4) is 0 Å². The van der Waals surface area contributed by atoms with Gasteiger partial charge in [-0.2, -0.15) is 0 Å². The molecular formula is C16H21N3O. The van der Waals surface area contributed by atoms with Crippen LogP contribution in [-0.4, -0.2) is 38.0 Å². The highest BCUT2D eigenvalue weighted by Gasteiger charge is 2.17. The molecule has 0 radical (unpaired) electrons. The third-order valence-electron chi connectivity index (χ3n) is 3.30. The lowest BCUT2D eigenvalue weighted by atomic mass is 10.0. The third-order valence-corrected chi connectivity index (χ3v) is 3.30. The summed E-state index contributed by atoms with van der Waals surface area (Å²) in [5.74, 6) is -0.348. The Labute approximate surface area is 119 Å². The maximum absolute atomic E-state index is 11.7. The molecule has 0 aromatic heterocycles. The minimum atomic E-state index is -0.445. The molecule has 106 valence electrons. The fourth-order valence-electron chi connectivity index (χ4n) is 2.20. The first-order valence-electron chi connectivity index (χ1n) is 6.74. The predicted molar refractivity (Wildman–Crippen MR) is 82.4 cm³/mol. The number of hydrogen-bond acceptors (Lipinski definition) is 3. The first kappa shape index (κ1) is 14.5. The number of primary amides is 1. The zero-order chi connectivity index (χ0) is 14.5. The summed E-state index contributed by atoms with van der Waals surface area (Å²) in [5, 5.41) is 5.49. The fraction of sp³-hybridized carbons (Fsp3) is 0.312. The quantitative estimate of drug-likeness (QED) is 0.837. The molecule has 0 spiro atoms. The molecule has 1 amide bonds. The minimum absolute atomic E-state index is 0.348. The van der Waals surface area contributed by atoms with Gasteiger partial charge in [-0.25, -0.2) is 0 Å². The Morgan fingerprint density at radius 1 is 1.20 bits per heavy atom. The highest BCUT2D eigenvalue weighted by atomic mass is 16.1. The molecule has 2 aromatic rings. The van der Waals surface area contributed by atoms with E-state index in [4.69, 9.17) is 5.73 Å². The monoisotopic (exact) mass is 271 g/mol. The van der Waals surface area contributed by atoms with Crippen LogP contribution in [0, 0.1) is 0 Å². The number of rotatable bonds is 6. The summed E-state index contributed by atoms with van der Waals surface area (Å²) in [7, 11) is 3.99. The topological polar surface area (TPSA) is 58.4 Å². The first-order valence-corrected chi connectivity index (χ1v) is 6.74.